The first kappa shape index (κ1) is 14.1. The van der Waals surface area contributed by atoms with Crippen molar-refractivity contribution in [3.8, 4) is 5.75 Å². The monoisotopic (exact) mass is 275 g/mol. The summed E-state index contributed by atoms with van der Waals surface area (Å²) < 4.78 is 15.6. The second-order valence-corrected chi connectivity index (χ2v) is 4.41. The van der Waals surface area contributed by atoms with Crippen molar-refractivity contribution in [2.75, 3.05) is 6.61 Å². The molecule has 2 aromatic rings. The van der Waals surface area contributed by atoms with Gasteiger partial charge in [-0.1, -0.05) is 23.4 Å². The van der Waals surface area contributed by atoms with Gasteiger partial charge in [0.25, 0.3) is 0 Å². The lowest BCUT2D eigenvalue weighted by atomic mass is 10.1. The molecule has 0 aliphatic heterocycles. The molecule has 106 valence electrons. The first-order valence-electron chi connectivity index (χ1n) is 6.43. The SMILES string of the molecule is CCOC(=O)c1cc(COc2c(C)cccc2C)on1. The Balaban J connectivity index is 2.03. The van der Waals surface area contributed by atoms with Crippen LogP contribution in [0.25, 0.3) is 0 Å². The van der Waals surface area contributed by atoms with Crippen molar-refractivity contribution in [1.29, 1.82) is 0 Å². The van der Waals surface area contributed by atoms with E-state index in [9.17, 15) is 4.79 Å². The summed E-state index contributed by atoms with van der Waals surface area (Å²) in [6.07, 6.45) is 0. The molecule has 5 nitrogen and oxygen atoms in total. The van der Waals surface area contributed by atoms with Gasteiger partial charge >= 0.3 is 5.97 Å². The Labute approximate surface area is 117 Å². The Morgan fingerprint density at radius 3 is 2.65 bits per heavy atom. The molecule has 0 spiro atoms. The summed E-state index contributed by atoms with van der Waals surface area (Å²) >= 11 is 0. The van der Waals surface area contributed by atoms with E-state index < -0.39 is 5.97 Å². The molecule has 1 aromatic carbocycles. The van der Waals surface area contributed by atoms with Gasteiger partial charge in [0.05, 0.1) is 6.61 Å². The number of ether oxygens (including phenoxy) is 2. The number of nitrogens with zero attached hydrogens (tertiary/aromatic N) is 1. The van der Waals surface area contributed by atoms with E-state index in [2.05, 4.69) is 5.16 Å². The molecular formula is C15H17NO4. The minimum atomic E-state index is -0.491. The van der Waals surface area contributed by atoms with Gasteiger partial charge in [0, 0.05) is 6.07 Å². The molecule has 5 heteroatoms. The molecule has 0 atom stereocenters. The van der Waals surface area contributed by atoms with E-state index in [0.717, 1.165) is 16.9 Å². The van der Waals surface area contributed by atoms with Crippen LogP contribution in [0.15, 0.2) is 28.8 Å². The van der Waals surface area contributed by atoms with Crippen molar-refractivity contribution in [3.05, 3.63) is 46.8 Å². The van der Waals surface area contributed by atoms with Gasteiger partial charge in [-0.2, -0.15) is 0 Å². The zero-order valence-corrected chi connectivity index (χ0v) is 11.8. The number of hydrogen-bond donors (Lipinski definition) is 0. The Morgan fingerprint density at radius 2 is 2.00 bits per heavy atom. The summed E-state index contributed by atoms with van der Waals surface area (Å²) in [5.41, 5.74) is 2.26. The van der Waals surface area contributed by atoms with Crippen LogP contribution in [0.3, 0.4) is 0 Å². The van der Waals surface area contributed by atoms with Crippen molar-refractivity contribution < 1.29 is 18.8 Å². The van der Waals surface area contributed by atoms with Crippen LogP contribution in [0.4, 0.5) is 0 Å². The normalized spacial score (nSPS) is 10.3. The fraction of sp³-hybridized carbons (Fsp3) is 0.333. The average molecular weight is 275 g/mol. The van der Waals surface area contributed by atoms with Crippen molar-refractivity contribution in [3.63, 3.8) is 0 Å². The number of rotatable bonds is 5. The Morgan fingerprint density at radius 1 is 1.30 bits per heavy atom. The van der Waals surface area contributed by atoms with Crippen LogP contribution < -0.4 is 4.74 Å². The van der Waals surface area contributed by atoms with Crippen LogP contribution in [-0.2, 0) is 11.3 Å². The standard InChI is InChI=1S/C15H17NO4/c1-4-18-15(17)13-8-12(20-16-13)9-19-14-10(2)6-5-7-11(14)3/h5-8H,4,9H2,1-3H3. The van der Waals surface area contributed by atoms with Crippen molar-refractivity contribution in [2.24, 2.45) is 0 Å². The minimum Gasteiger partial charge on any atom is -0.485 e. The van der Waals surface area contributed by atoms with Gasteiger partial charge in [0.1, 0.15) is 12.4 Å². The number of aryl methyl sites for hydroxylation is 2. The zero-order chi connectivity index (χ0) is 14.5. The van der Waals surface area contributed by atoms with Crippen LogP contribution in [0, 0.1) is 13.8 Å². The number of aromatic nitrogens is 1. The molecule has 0 aliphatic carbocycles. The van der Waals surface area contributed by atoms with E-state index in [1.54, 1.807) is 6.92 Å². The third-order valence-corrected chi connectivity index (χ3v) is 2.81. The molecule has 0 radical (unpaired) electrons. The maximum absolute atomic E-state index is 11.5. The largest absolute Gasteiger partial charge is 0.485 e. The average Bonchev–Trinajstić information content (AvgIpc) is 2.87. The molecule has 0 unspecified atom stereocenters. The van der Waals surface area contributed by atoms with E-state index in [1.165, 1.54) is 6.07 Å². The highest BCUT2D eigenvalue weighted by Crippen LogP contribution is 2.23. The van der Waals surface area contributed by atoms with E-state index in [0.29, 0.717) is 12.4 Å². The van der Waals surface area contributed by atoms with Crippen LogP contribution in [0.1, 0.15) is 34.3 Å². The van der Waals surface area contributed by atoms with Gasteiger partial charge in [-0.15, -0.1) is 0 Å². The van der Waals surface area contributed by atoms with Crippen molar-refractivity contribution >= 4 is 5.97 Å². The summed E-state index contributed by atoms with van der Waals surface area (Å²) in [7, 11) is 0. The molecule has 0 N–H and O–H groups in total. The summed E-state index contributed by atoms with van der Waals surface area (Å²) in [6.45, 7) is 6.22. The first-order valence-corrected chi connectivity index (χ1v) is 6.43. The molecule has 20 heavy (non-hydrogen) atoms. The summed E-state index contributed by atoms with van der Waals surface area (Å²) in [5.74, 6) is 0.812. The fourth-order valence-corrected chi connectivity index (χ4v) is 1.85. The molecule has 0 saturated heterocycles. The maximum Gasteiger partial charge on any atom is 0.360 e. The lowest BCUT2D eigenvalue weighted by molar-refractivity contribution is 0.0514. The van der Waals surface area contributed by atoms with E-state index in [1.807, 2.05) is 32.0 Å². The van der Waals surface area contributed by atoms with E-state index in [-0.39, 0.29) is 12.3 Å². The number of carbonyl (C=O) groups excluding carboxylic acids is 1. The molecule has 0 aliphatic rings. The molecular weight excluding hydrogens is 258 g/mol. The highest BCUT2D eigenvalue weighted by Gasteiger charge is 2.14. The lowest BCUT2D eigenvalue weighted by Gasteiger charge is -2.09. The molecule has 2 rings (SSSR count). The third-order valence-electron chi connectivity index (χ3n) is 2.81. The molecule has 0 amide bonds. The predicted octanol–water partition coefficient (Wildman–Crippen LogP) is 3.05. The van der Waals surface area contributed by atoms with Gasteiger partial charge in [-0.05, 0) is 31.9 Å². The topological polar surface area (TPSA) is 61.6 Å². The summed E-state index contributed by atoms with van der Waals surface area (Å²) in [6, 6.07) is 7.47. The highest BCUT2D eigenvalue weighted by molar-refractivity contribution is 5.87. The van der Waals surface area contributed by atoms with Gasteiger partial charge in [0.15, 0.2) is 11.5 Å². The first-order chi connectivity index (χ1) is 9.61. The van der Waals surface area contributed by atoms with Crippen LogP contribution in [-0.4, -0.2) is 17.7 Å². The van der Waals surface area contributed by atoms with Gasteiger partial charge in [0.2, 0.25) is 0 Å². The number of benzene rings is 1. The highest BCUT2D eigenvalue weighted by atomic mass is 16.5. The quantitative estimate of drug-likeness (QED) is 0.785. The Kier molecular flexibility index (Phi) is 4.40. The number of esters is 1. The van der Waals surface area contributed by atoms with E-state index >= 15 is 0 Å². The molecule has 0 bridgehead atoms. The summed E-state index contributed by atoms with van der Waals surface area (Å²) in [4.78, 5) is 11.5. The van der Waals surface area contributed by atoms with Gasteiger partial charge in [-0.3, -0.25) is 0 Å². The number of para-hydroxylation sites is 1. The van der Waals surface area contributed by atoms with Crippen molar-refractivity contribution in [1.82, 2.24) is 5.16 Å². The summed E-state index contributed by atoms with van der Waals surface area (Å²) in [5, 5.41) is 3.66. The maximum atomic E-state index is 11.5. The second-order valence-electron chi connectivity index (χ2n) is 4.41. The smallest absolute Gasteiger partial charge is 0.360 e. The number of hydrogen-bond acceptors (Lipinski definition) is 5. The van der Waals surface area contributed by atoms with Crippen LogP contribution in [0.5, 0.6) is 5.75 Å². The molecule has 1 heterocycles. The third kappa shape index (κ3) is 3.17. The molecule has 0 saturated carbocycles. The Hall–Kier alpha value is -2.30. The molecule has 0 fully saturated rings. The van der Waals surface area contributed by atoms with Crippen molar-refractivity contribution in [2.45, 2.75) is 27.4 Å². The zero-order valence-electron chi connectivity index (χ0n) is 11.8. The van der Waals surface area contributed by atoms with Crippen LogP contribution >= 0.6 is 0 Å². The van der Waals surface area contributed by atoms with E-state index in [4.69, 9.17) is 14.0 Å². The fourth-order valence-electron chi connectivity index (χ4n) is 1.85. The predicted molar refractivity (Wildman–Crippen MR) is 72.7 cm³/mol. The number of carbonyl (C=O) groups is 1. The Bertz CT molecular complexity index is 583. The van der Waals surface area contributed by atoms with Crippen LogP contribution in [0.2, 0.25) is 0 Å². The second kappa shape index (κ2) is 6.23. The molecule has 1 aromatic heterocycles. The lowest BCUT2D eigenvalue weighted by Crippen LogP contribution is -2.04. The minimum absolute atomic E-state index is 0.159. The van der Waals surface area contributed by atoms with Gasteiger partial charge < -0.3 is 14.0 Å². The van der Waals surface area contributed by atoms with Gasteiger partial charge in [-0.25, -0.2) is 4.79 Å².